The van der Waals surface area contributed by atoms with Gasteiger partial charge in [0.15, 0.2) is 0 Å². The van der Waals surface area contributed by atoms with E-state index in [1.807, 2.05) is 24.3 Å². The number of esters is 1. The summed E-state index contributed by atoms with van der Waals surface area (Å²) in [7, 11) is 1.59. The molecule has 0 aliphatic rings. The molecule has 2 aromatic rings. The molecule has 0 fully saturated rings. The molecule has 0 aliphatic heterocycles. The van der Waals surface area contributed by atoms with Gasteiger partial charge in [0.25, 0.3) is 5.56 Å². The summed E-state index contributed by atoms with van der Waals surface area (Å²) in [6.07, 6.45) is 0.113. The summed E-state index contributed by atoms with van der Waals surface area (Å²) >= 11 is 0. The van der Waals surface area contributed by atoms with Crippen molar-refractivity contribution in [1.29, 1.82) is 0 Å². The van der Waals surface area contributed by atoms with E-state index in [0.29, 0.717) is 12.2 Å². The number of hydrogen-bond donors (Lipinski definition) is 2. The number of benzene rings is 1. The number of carbonyl (C=O) groups is 1. The lowest BCUT2D eigenvalue weighted by atomic mass is 9.88. The molecule has 6 heteroatoms. The highest BCUT2D eigenvalue weighted by atomic mass is 16.5. The Bertz CT molecular complexity index is 685. The number of carbonyl (C=O) groups excluding carboxylic acids is 1. The van der Waals surface area contributed by atoms with Crippen LogP contribution in [0.4, 0.5) is 0 Å². The molecule has 1 atom stereocenters. The Morgan fingerprint density at radius 3 is 2.41 bits per heavy atom. The summed E-state index contributed by atoms with van der Waals surface area (Å²) in [5, 5.41) is 5.36. The van der Waals surface area contributed by atoms with Crippen LogP contribution in [-0.2, 0) is 9.53 Å². The van der Waals surface area contributed by atoms with Crippen LogP contribution in [0.15, 0.2) is 29.1 Å². The first-order valence-corrected chi connectivity index (χ1v) is 7.13. The number of rotatable bonds is 6. The Hall–Kier alpha value is -2.50. The lowest BCUT2D eigenvalue weighted by molar-refractivity contribution is -0.143. The van der Waals surface area contributed by atoms with Gasteiger partial charge in [-0.3, -0.25) is 14.7 Å². The van der Waals surface area contributed by atoms with Crippen molar-refractivity contribution >= 4 is 5.97 Å². The summed E-state index contributed by atoms with van der Waals surface area (Å²) in [5.41, 5.74) is 1.91. The van der Waals surface area contributed by atoms with Gasteiger partial charge in [0.1, 0.15) is 5.75 Å². The molecule has 118 valence electrons. The number of aryl methyl sites for hydroxylation is 1. The van der Waals surface area contributed by atoms with Crippen molar-refractivity contribution in [3.8, 4) is 5.75 Å². The minimum Gasteiger partial charge on any atom is -0.497 e. The molecule has 1 aromatic carbocycles. The van der Waals surface area contributed by atoms with Gasteiger partial charge in [-0.15, -0.1) is 0 Å². The van der Waals surface area contributed by atoms with Crippen LogP contribution in [-0.4, -0.2) is 29.9 Å². The number of H-pyrrole nitrogens is 2. The van der Waals surface area contributed by atoms with Gasteiger partial charge in [-0.25, -0.2) is 0 Å². The zero-order valence-corrected chi connectivity index (χ0v) is 12.9. The fraction of sp³-hybridized carbons (Fsp3) is 0.375. The van der Waals surface area contributed by atoms with Crippen LogP contribution in [0.3, 0.4) is 0 Å². The van der Waals surface area contributed by atoms with Crippen LogP contribution in [0.5, 0.6) is 5.75 Å². The lowest BCUT2D eigenvalue weighted by Crippen LogP contribution is -2.18. The van der Waals surface area contributed by atoms with Crippen molar-refractivity contribution in [2.24, 2.45) is 0 Å². The van der Waals surface area contributed by atoms with Gasteiger partial charge in [-0.2, -0.15) is 0 Å². The third-order valence-electron chi connectivity index (χ3n) is 3.55. The number of ether oxygens (including phenoxy) is 2. The van der Waals surface area contributed by atoms with Crippen molar-refractivity contribution in [2.75, 3.05) is 13.7 Å². The molecule has 0 amide bonds. The Kier molecular flexibility index (Phi) is 5.04. The van der Waals surface area contributed by atoms with Crippen molar-refractivity contribution in [1.82, 2.24) is 10.2 Å². The van der Waals surface area contributed by atoms with Crippen LogP contribution >= 0.6 is 0 Å². The van der Waals surface area contributed by atoms with Crippen molar-refractivity contribution in [3.05, 3.63) is 51.4 Å². The molecule has 1 unspecified atom stereocenters. The minimum absolute atomic E-state index is 0.113. The van der Waals surface area contributed by atoms with Gasteiger partial charge in [0.2, 0.25) is 0 Å². The second-order valence-corrected chi connectivity index (χ2v) is 4.95. The zero-order chi connectivity index (χ0) is 16.1. The maximum absolute atomic E-state index is 12.1. The summed E-state index contributed by atoms with van der Waals surface area (Å²) in [6.45, 7) is 3.88. The van der Waals surface area contributed by atoms with Gasteiger partial charge in [0, 0.05) is 17.2 Å². The normalized spacial score (nSPS) is 12.0. The Morgan fingerprint density at radius 2 is 1.91 bits per heavy atom. The van der Waals surface area contributed by atoms with Crippen LogP contribution in [0.2, 0.25) is 0 Å². The van der Waals surface area contributed by atoms with Crippen molar-refractivity contribution in [2.45, 2.75) is 26.2 Å². The van der Waals surface area contributed by atoms with Gasteiger partial charge in [-0.1, -0.05) is 12.1 Å². The smallest absolute Gasteiger partial charge is 0.306 e. The molecule has 1 aromatic heterocycles. The monoisotopic (exact) mass is 304 g/mol. The third-order valence-corrected chi connectivity index (χ3v) is 3.55. The molecule has 1 heterocycles. The predicted molar refractivity (Wildman–Crippen MR) is 82.2 cm³/mol. The second-order valence-electron chi connectivity index (χ2n) is 4.95. The summed E-state index contributed by atoms with van der Waals surface area (Å²) in [4.78, 5) is 24.0. The average molecular weight is 304 g/mol. The van der Waals surface area contributed by atoms with E-state index >= 15 is 0 Å². The number of aromatic amines is 2. The van der Waals surface area contributed by atoms with Crippen LogP contribution in [0.25, 0.3) is 0 Å². The van der Waals surface area contributed by atoms with E-state index in [0.717, 1.165) is 17.0 Å². The molecular formula is C16H20N2O4. The minimum atomic E-state index is -0.361. The van der Waals surface area contributed by atoms with Crippen LogP contribution < -0.4 is 10.3 Å². The Labute approximate surface area is 128 Å². The Balaban J connectivity index is 2.40. The first kappa shape index (κ1) is 15.9. The highest BCUT2D eigenvalue weighted by molar-refractivity contribution is 5.71. The predicted octanol–water partition coefficient (Wildman–Crippen LogP) is 2.11. The molecule has 0 saturated carbocycles. The molecule has 6 nitrogen and oxygen atoms in total. The fourth-order valence-electron chi connectivity index (χ4n) is 2.48. The SMILES string of the molecule is CCOC(=O)CC(c1ccc(OC)cc1)c1c(C)[nH][nH]c1=O. The molecule has 0 radical (unpaired) electrons. The first-order valence-electron chi connectivity index (χ1n) is 7.13. The van der Waals surface area contributed by atoms with Gasteiger partial charge < -0.3 is 14.6 Å². The standard InChI is InChI=1S/C16H20N2O4/c1-4-22-14(19)9-13(15-10(2)17-18-16(15)20)11-5-7-12(21-3)8-6-11/h5-8,13H,4,9H2,1-3H3,(H2,17,18,20). The van der Waals surface area contributed by atoms with E-state index < -0.39 is 0 Å². The van der Waals surface area contributed by atoms with E-state index in [4.69, 9.17) is 9.47 Å². The summed E-state index contributed by atoms with van der Waals surface area (Å²) in [6, 6.07) is 7.33. The molecule has 0 saturated heterocycles. The molecular weight excluding hydrogens is 284 g/mol. The van der Waals surface area contributed by atoms with Gasteiger partial charge in [-0.05, 0) is 31.5 Å². The zero-order valence-electron chi connectivity index (χ0n) is 12.9. The maximum atomic E-state index is 12.1. The second kappa shape index (κ2) is 6.98. The largest absolute Gasteiger partial charge is 0.497 e. The lowest BCUT2D eigenvalue weighted by Gasteiger charge is -2.16. The number of methoxy groups -OCH3 is 1. The first-order chi connectivity index (χ1) is 10.6. The molecule has 2 N–H and O–H groups in total. The summed E-state index contributed by atoms with van der Waals surface area (Å²) < 4.78 is 10.2. The van der Waals surface area contributed by atoms with E-state index in [1.165, 1.54) is 0 Å². The van der Waals surface area contributed by atoms with Crippen molar-refractivity contribution < 1.29 is 14.3 Å². The number of nitrogens with one attached hydrogen (secondary N) is 2. The topological polar surface area (TPSA) is 84.2 Å². The van der Waals surface area contributed by atoms with E-state index in [-0.39, 0.29) is 23.9 Å². The molecule has 2 rings (SSSR count). The molecule has 0 spiro atoms. The highest BCUT2D eigenvalue weighted by Crippen LogP contribution is 2.29. The van der Waals surface area contributed by atoms with E-state index in [1.54, 1.807) is 21.0 Å². The molecule has 0 aliphatic carbocycles. The van der Waals surface area contributed by atoms with Crippen LogP contribution in [0, 0.1) is 6.92 Å². The summed E-state index contributed by atoms with van der Waals surface area (Å²) in [5.74, 6) is 0.0293. The van der Waals surface area contributed by atoms with E-state index in [9.17, 15) is 9.59 Å². The van der Waals surface area contributed by atoms with Crippen LogP contribution in [0.1, 0.15) is 36.1 Å². The van der Waals surface area contributed by atoms with Crippen molar-refractivity contribution in [3.63, 3.8) is 0 Å². The third kappa shape index (κ3) is 3.39. The quantitative estimate of drug-likeness (QED) is 0.801. The Morgan fingerprint density at radius 1 is 1.23 bits per heavy atom. The molecule has 22 heavy (non-hydrogen) atoms. The highest BCUT2D eigenvalue weighted by Gasteiger charge is 2.24. The molecule has 0 bridgehead atoms. The number of hydrogen-bond acceptors (Lipinski definition) is 4. The van der Waals surface area contributed by atoms with Gasteiger partial charge in [0.05, 0.1) is 20.1 Å². The van der Waals surface area contributed by atoms with Gasteiger partial charge >= 0.3 is 5.97 Å². The van der Waals surface area contributed by atoms with E-state index in [2.05, 4.69) is 10.2 Å². The average Bonchev–Trinajstić information content (AvgIpc) is 2.84. The maximum Gasteiger partial charge on any atom is 0.306 e. The fourth-order valence-corrected chi connectivity index (χ4v) is 2.48. The number of aromatic nitrogens is 2.